The van der Waals surface area contributed by atoms with E-state index in [4.69, 9.17) is 15.2 Å². The van der Waals surface area contributed by atoms with Gasteiger partial charge in [-0.25, -0.2) is 0 Å². The van der Waals surface area contributed by atoms with Gasteiger partial charge in [0.25, 0.3) is 0 Å². The Morgan fingerprint density at radius 1 is 1.30 bits per heavy atom. The zero-order valence-corrected chi connectivity index (χ0v) is 12.6. The molecule has 1 aromatic rings. The molecular formula is C15H24N2O3. The normalized spacial score (nSPS) is 12.1. The third-order valence-electron chi connectivity index (χ3n) is 3.00. The maximum atomic E-state index is 11.9. The number of nitrogens with one attached hydrogen (secondary N) is 1. The third-order valence-corrected chi connectivity index (χ3v) is 3.00. The van der Waals surface area contributed by atoms with Gasteiger partial charge in [-0.2, -0.15) is 0 Å². The molecule has 1 aromatic carbocycles. The molecular weight excluding hydrogens is 256 g/mol. The quantitative estimate of drug-likeness (QED) is 0.797. The topological polar surface area (TPSA) is 73.6 Å². The minimum atomic E-state index is -0.480. The van der Waals surface area contributed by atoms with Crippen molar-refractivity contribution < 1.29 is 14.3 Å². The highest BCUT2D eigenvalue weighted by Gasteiger charge is 2.15. The van der Waals surface area contributed by atoms with Crippen LogP contribution in [0.3, 0.4) is 0 Å². The maximum absolute atomic E-state index is 11.9. The molecule has 0 radical (unpaired) electrons. The van der Waals surface area contributed by atoms with E-state index in [1.807, 2.05) is 32.0 Å². The largest absolute Gasteiger partial charge is 0.497 e. The lowest BCUT2D eigenvalue weighted by Crippen LogP contribution is -2.41. The molecule has 1 atom stereocenters. The van der Waals surface area contributed by atoms with Crippen LogP contribution in [-0.2, 0) is 11.3 Å². The van der Waals surface area contributed by atoms with Gasteiger partial charge in [-0.15, -0.1) is 0 Å². The summed E-state index contributed by atoms with van der Waals surface area (Å²) in [6.07, 6.45) is 0.668. The Labute approximate surface area is 120 Å². The highest BCUT2D eigenvalue weighted by atomic mass is 16.5. The summed E-state index contributed by atoms with van der Waals surface area (Å²) in [5, 5.41) is 2.83. The molecule has 5 heteroatoms. The zero-order chi connectivity index (χ0) is 15.1. The Morgan fingerprint density at radius 2 is 2.00 bits per heavy atom. The van der Waals surface area contributed by atoms with E-state index in [-0.39, 0.29) is 5.91 Å². The molecule has 112 valence electrons. The van der Waals surface area contributed by atoms with Crippen LogP contribution in [0.2, 0.25) is 0 Å². The molecule has 1 amide bonds. The Morgan fingerprint density at radius 3 is 2.55 bits per heavy atom. The van der Waals surface area contributed by atoms with Gasteiger partial charge in [-0.05, 0) is 30.5 Å². The SMILES string of the molecule is COc1ccc(OC)c(CNC(=O)[C@@H](N)CC(C)C)c1. The fraction of sp³-hybridized carbons (Fsp3) is 0.533. The summed E-state index contributed by atoms with van der Waals surface area (Å²) in [6, 6.07) is 4.99. The molecule has 0 aliphatic rings. The van der Waals surface area contributed by atoms with E-state index < -0.39 is 6.04 Å². The van der Waals surface area contributed by atoms with Crippen molar-refractivity contribution in [2.45, 2.75) is 32.9 Å². The van der Waals surface area contributed by atoms with E-state index in [1.165, 1.54) is 0 Å². The van der Waals surface area contributed by atoms with Crippen molar-refractivity contribution in [3.05, 3.63) is 23.8 Å². The average molecular weight is 280 g/mol. The van der Waals surface area contributed by atoms with Crippen LogP contribution >= 0.6 is 0 Å². The lowest BCUT2D eigenvalue weighted by Gasteiger charge is -2.15. The number of benzene rings is 1. The standard InChI is InChI=1S/C15H24N2O3/c1-10(2)7-13(16)15(18)17-9-11-8-12(19-3)5-6-14(11)20-4/h5-6,8,10,13H,7,9,16H2,1-4H3,(H,17,18)/t13-/m0/s1. The average Bonchev–Trinajstić information content (AvgIpc) is 2.43. The number of carbonyl (C=O) groups excluding carboxylic acids is 1. The smallest absolute Gasteiger partial charge is 0.237 e. The minimum absolute atomic E-state index is 0.149. The molecule has 0 aromatic heterocycles. The van der Waals surface area contributed by atoms with Gasteiger partial charge in [0.15, 0.2) is 0 Å². The van der Waals surface area contributed by atoms with E-state index in [0.29, 0.717) is 24.6 Å². The van der Waals surface area contributed by atoms with Crippen LogP contribution in [-0.4, -0.2) is 26.2 Å². The second-order valence-electron chi connectivity index (χ2n) is 5.13. The molecule has 3 N–H and O–H groups in total. The van der Waals surface area contributed by atoms with Gasteiger partial charge >= 0.3 is 0 Å². The van der Waals surface area contributed by atoms with Gasteiger partial charge in [0.05, 0.1) is 20.3 Å². The van der Waals surface area contributed by atoms with Crippen LogP contribution in [0.1, 0.15) is 25.8 Å². The summed E-state index contributed by atoms with van der Waals surface area (Å²) in [5.41, 5.74) is 6.70. The molecule has 20 heavy (non-hydrogen) atoms. The van der Waals surface area contributed by atoms with Crippen LogP contribution in [0.25, 0.3) is 0 Å². The first-order valence-electron chi connectivity index (χ1n) is 6.72. The Balaban J connectivity index is 2.66. The molecule has 0 heterocycles. The molecule has 0 saturated carbocycles. The maximum Gasteiger partial charge on any atom is 0.237 e. The minimum Gasteiger partial charge on any atom is -0.497 e. The summed E-state index contributed by atoms with van der Waals surface area (Å²) in [4.78, 5) is 11.9. The van der Waals surface area contributed by atoms with E-state index in [0.717, 1.165) is 11.3 Å². The Hall–Kier alpha value is -1.75. The first-order chi connectivity index (χ1) is 9.47. The predicted octanol–water partition coefficient (Wildman–Crippen LogP) is 1.69. The molecule has 0 spiro atoms. The number of carbonyl (C=O) groups is 1. The van der Waals surface area contributed by atoms with Crippen molar-refractivity contribution in [1.29, 1.82) is 0 Å². The molecule has 0 fully saturated rings. The van der Waals surface area contributed by atoms with Crippen molar-refractivity contribution in [2.24, 2.45) is 11.7 Å². The van der Waals surface area contributed by atoms with Crippen LogP contribution in [0.5, 0.6) is 11.5 Å². The molecule has 5 nitrogen and oxygen atoms in total. The van der Waals surface area contributed by atoms with Gasteiger partial charge < -0.3 is 20.5 Å². The van der Waals surface area contributed by atoms with Crippen molar-refractivity contribution in [3.63, 3.8) is 0 Å². The highest BCUT2D eigenvalue weighted by molar-refractivity contribution is 5.81. The molecule has 0 aliphatic carbocycles. The monoisotopic (exact) mass is 280 g/mol. The number of hydrogen-bond donors (Lipinski definition) is 2. The fourth-order valence-corrected chi connectivity index (χ4v) is 1.95. The second kappa shape index (κ2) is 7.75. The van der Waals surface area contributed by atoms with Crippen molar-refractivity contribution >= 4 is 5.91 Å². The summed E-state index contributed by atoms with van der Waals surface area (Å²) in [7, 11) is 3.19. The number of ether oxygens (including phenoxy) is 2. The van der Waals surface area contributed by atoms with E-state index in [1.54, 1.807) is 14.2 Å². The van der Waals surface area contributed by atoms with Gasteiger partial charge in [0.2, 0.25) is 5.91 Å². The summed E-state index contributed by atoms with van der Waals surface area (Å²) in [5.74, 6) is 1.68. The lowest BCUT2D eigenvalue weighted by atomic mass is 10.0. The van der Waals surface area contributed by atoms with Crippen molar-refractivity contribution in [3.8, 4) is 11.5 Å². The van der Waals surface area contributed by atoms with E-state index in [2.05, 4.69) is 5.32 Å². The number of methoxy groups -OCH3 is 2. The summed E-state index contributed by atoms with van der Waals surface area (Å²) >= 11 is 0. The predicted molar refractivity (Wildman–Crippen MR) is 78.8 cm³/mol. The van der Waals surface area contributed by atoms with E-state index in [9.17, 15) is 4.79 Å². The lowest BCUT2D eigenvalue weighted by molar-refractivity contribution is -0.122. The molecule has 0 bridgehead atoms. The summed E-state index contributed by atoms with van der Waals surface area (Å²) < 4.78 is 10.4. The number of rotatable bonds is 7. The van der Waals surface area contributed by atoms with Crippen molar-refractivity contribution in [1.82, 2.24) is 5.32 Å². The molecule has 1 rings (SSSR count). The van der Waals surface area contributed by atoms with Crippen LogP contribution < -0.4 is 20.5 Å². The molecule has 0 saturated heterocycles. The van der Waals surface area contributed by atoms with Crippen LogP contribution in [0.15, 0.2) is 18.2 Å². The Bertz CT molecular complexity index is 447. The number of hydrogen-bond acceptors (Lipinski definition) is 4. The van der Waals surface area contributed by atoms with Gasteiger partial charge in [0.1, 0.15) is 11.5 Å². The fourth-order valence-electron chi connectivity index (χ4n) is 1.95. The van der Waals surface area contributed by atoms with Crippen LogP contribution in [0.4, 0.5) is 0 Å². The molecule has 0 aliphatic heterocycles. The first kappa shape index (κ1) is 16.3. The Kier molecular flexibility index (Phi) is 6.31. The first-order valence-corrected chi connectivity index (χ1v) is 6.72. The van der Waals surface area contributed by atoms with E-state index >= 15 is 0 Å². The van der Waals surface area contributed by atoms with Gasteiger partial charge in [-0.3, -0.25) is 4.79 Å². The highest BCUT2D eigenvalue weighted by Crippen LogP contribution is 2.23. The van der Waals surface area contributed by atoms with Crippen LogP contribution in [0, 0.1) is 5.92 Å². The third kappa shape index (κ3) is 4.74. The second-order valence-corrected chi connectivity index (χ2v) is 5.13. The van der Waals surface area contributed by atoms with Gasteiger partial charge in [-0.1, -0.05) is 13.8 Å². The molecule has 0 unspecified atom stereocenters. The van der Waals surface area contributed by atoms with Crippen molar-refractivity contribution in [2.75, 3.05) is 14.2 Å². The number of amides is 1. The summed E-state index contributed by atoms with van der Waals surface area (Å²) in [6.45, 7) is 4.45. The zero-order valence-electron chi connectivity index (χ0n) is 12.6. The van der Waals surface area contributed by atoms with Gasteiger partial charge in [0, 0.05) is 12.1 Å². The number of nitrogens with two attached hydrogens (primary N) is 1.